The first-order valence-electron chi connectivity index (χ1n) is 24.5. The van der Waals surface area contributed by atoms with Crippen LogP contribution in [0.15, 0.2) is 65.8 Å². The number of halogens is 1. The summed E-state index contributed by atoms with van der Waals surface area (Å²) in [7, 11) is 0. The molecule has 4 saturated carbocycles. The first-order valence-corrected chi connectivity index (χ1v) is 24.5. The van der Waals surface area contributed by atoms with Gasteiger partial charge in [0, 0.05) is 32.6 Å². The van der Waals surface area contributed by atoms with Crippen LogP contribution >= 0.6 is 0 Å². The number of benzene rings is 1. The average Bonchev–Trinajstić information content (AvgIpc) is 3.81. The molecule has 7 aliphatic rings. The Hall–Kier alpha value is -2.32. The third-order valence-electron chi connectivity index (χ3n) is 19.6. The largest absolute Gasteiger partial charge is 0.460 e. The molecule has 6 nitrogen and oxygen atoms in total. The summed E-state index contributed by atoms with van der Waals surface area (Å²) in [5, 5.41) is 18.6. The number of nitrogens with zero attached hydrogens (tertiary/aromatic N) is 1. The van der Waals surface area contributed by atoms with Crippen molar-refractivity contribution in [3.05, 3.63) is 71.3 Å². The summed E-state index contributed by atoms with van der Waals surface area (Å²) in [5.74, 6) is 3.78. The van der Waals surface area contributed by atoms with Crippen molar-refractivity contribution in [1.82, 2.24) is 10.2 Å². The average molecular weight is 861 g/mol. The van der Waals surface area contributed by atoms with Crippen LogP contribution in [0.1, 0.15) is 160 Å². The first-order chi connectivity index (χ1) is 29.0. The van der Waals surface area contributed by atoms with E-state index in [1.807, 2.05) is 30.3 Å². The summed E-state index contributed by atoms with van der Waals surface area (Å²) < 4.78 is 20.5. The Labute approximate surface area is 378 Å². The van der Waals surface area contributed by atoms with Crippen molar-refractivity contribution >= 4 is 5.97 Å². The smallest absolute Gasteiger partial charge is 0.315 e. The fourth-order valence-corrected chi connectivity index (χ4v) is 16.4. The van der Waals surface area contributed by atoms with Gasteiger partial charge in [0.05, 0.1) is 5.41 Å². The molecule has 0 amide bonds. The van der Waals surface area contributed by atoms with Crippen LogP contribution in [0.25, 0.3) is 0 Å². The number of allylic oxidation sites excluding steroid dienone is 5. The van der Waals surface area contributed by atoms with E-state index in [0.717, 1.165) is 42.8 Å². The number of carbonyl (C=O) groups excluding carboxylic acids is 1. The van der Waals surface area contributed by atoms with E-state index in [-0.39, 0.29) is 37.8 Å². The van der Waals surface area contributed by atoms with Gasteiger partial charge in [-0.25, -0.2) is 4.39 Å². The lowest BCUT2D eigenvalue weighted by Gasteiger charge is -2.72. The highest BCUT2D eigenvalue weighted by atomic mass is 19.1. The highest BCUT2D eigenvalue weighted by molar-refractivity contribution is 5.78. The SMILES string of the molecule is C.C=C(C)[C@@H]1CC[C@]2(NCCN3C[C@@H](C)CC3CC)CC[C@]3(C)[C@H](CC[C@@H]4[C@@]5(C)CC=C(C6=CC[C@](CF)(C(=O)OCc7ccccc7)CC6)C(C)(C)[C@@H]5CC[C@]43C)[C@@H]12.OCO.[HH]. The van der Waals surface area contributed by atoms with Gasteiger partial charge in [-0.3, -0.25) is 9.69 Å². The Morgan fingerprint density at radius 2 is 1.68 bits per heavy atom. The maximum absolute atomic E-state index is 14.8. The van der Waals surface area contributed by atoms with Gasteiger partial charge in [-0.1, -0.05) is 111 Å². The molecule has 1 saturated heterocycles. The van der Waals surface area contributed by atoms with Gasteiger partial charge < -0.3 is 20.3 Å². The summed E-state index contributed by atoms with van der Waals surface area (Å²) in [4.78, 5) is 16.2. The van der Waals surface area contributed by atoms with E-state index in [1.54, 1.807) is 0 Å². The van der Waals surface area contributed by atoms with Gasteiger partial charge in [0.1, 0.15) is 20.1 Å². The predicted molar refractivity (Wildman–Crippen MR) is 255 cm³/mol. The molecule has 1 aromatic carbocycles. The van der Waals surface area contributed by atoms with E-state index < -0.39 is 18.9 Å². The topological polar surface area (TPSA) is 82.0 Å². The van der Waals surface area contributed by atoms with E-state index in [9.17, 15) is 9.18 Å². The number of esters is 1. The molecular formula is C55H89FN2O4. The van der Waals surface area contributed by atoms with Crippen LogP contribution in [0.3, 0.4) is 0 Å². The van der Waals surface area contributed by atoms with E-state index in [1.165, 1.54) is 94.0 Å². The lowest BCUT2D eigenvalue weighted by molar-refractivity contribution is -0.221. The molecule has 3 N–H and O–H groups in total. The predicted octanol–water partition coefficient (Wildman–Crippen LogP) is 12.3. The van der Waals surface area contributed by atoms with Crippen LogP contribution in [-0.2, 0) is 16.1 Å². The first kappa shape index (κ1) is 49.1. The number of hydrogen-bond acceptors (Lipinski definition) is 6. The van der Waals surface area contributed by atoms with Crippen LogP contribution in [0.2, 0.25) is 0 Å². The number of carbonyl (C=O) groups is 1. The second-order valence-electron chi connectivity index (χ2n) is 22.8. The molecule has 0 bridgehead atoms. The van der Waals surface area contributed by atoms with Gasteiger partial charge in [-0.05, 0) is 171 Å². The number of likely N-dealkylation sites (tertiary alicyclic amines) is 1. The van der Waals surface area contributed by atoms with Crippen molar-refractivity contribution in [2.24, 2.45) is 62.6 Å². The molecule has 0 radical (unpaired) electrons. The number of hydrogen-bond donors (Lipinski definition) is 3. The number of alkyl halides is 1. The number of aliphatic hydroxyl groups excluding tert-OH is 1. The van der Waals surface area contributed by atoms with Crippen molar-refractivity contribution in [3.8, 4) is 0 Å². The molecule has 1 aliphatic heterocycles. The minimum atomic E-state index is -1.08. The third kappa shape index (κ3) is 8.27. The summed E-state index contributed by atoms with van der Waals surface area (Å²) in [6.07, 6.45) is 20.8. The van der Waals surface area contributed by atoms with Crippen LogP contribution in [0, 0.1) is 62.6 Å². The molecule has 1 aromatic rings. The molecule has 6 aliphatic carbocycles. The highest BCUT2D eigenvalue weighted by Gasteiger charge is 2.70. The van der Waals surface area contributed by atoms with Crippen molar-refractivity contribution in [1.29, 1.82) is 0 Å². The summed E-state index contributed by atoms with van der Waals surface area (Å²) in [6.45, 7) is 27.5. The second kappa shape index (κ2) is 18.9. The van der Waals surface area contributed by atoms with Gasteiger partial charge in [0.2, 0.25) is 0 Å². The Balaban J connectivity index is 0.00000146. The summed E-state index contributed by atoms with van der Waals surface area (Å²) in [6, 6.07) is 10.5. The quantitative estimate of drug-likeness (QED) is 0.117. The number of aliphatic hydroxyl groups is 2. The molecule has 1 heterocycles. The molecule has 0 aromatic heterocycles. The van der Waals surface area contributed by atoms with Gasteiger partial charge in [0.25, 0.3) is 0 Å². The summed E-state index contributed by atoms with van der Waals surface area (Å²) in [5.41, 5.74) is 5.25. The maximum Gasteiger partial charge on any atom is 0.315 e. The van der Waals surface area contributed by atoms with Gasteiger partial charge in [-0.2, -0.15) is 0 Å². The van der Waals surface area contributed by atoms with E-state index >= 15 is 0 Å². The zero-order valence-corrected chi connectivity index (χ0v) is 39.5. The van der Waals surface area contributed by atoms with Gasteiger partial charge in [-0.15, -0.1) is 0 Å². The molecular weight excluding hydrogens is 772 g/mol. The minimum Gasteiger partial charge on any atom is -0.460 e. The monoisotopic (exact) mass is 861 g/mol. The Morgan fingerprint density at radius 1 is 0.952 bits per heavy atom. The highest BCUT2D eigenvalue weighted by Crippen LogP contribution is 2.76. The van der Waals surface area contributed by atoms with Crippen LogP contribution in [0.5, 0.6) is 0 Å². The fraction of sp³-hybridized carbons (Fsp3) is 0.764. The summed E-state index contributed by atoms with van der Waals surface area (Å²) >= 11 is 0. The third-order valence-corrected chi connectivity index (χ3v) is 19.6. The van der Waals surface area contributed by atoms with E-state index in [4.69, 9.17) is 14.9 Å². The van der Waals surface area contributed by atoms with E-state index in [2.05, 4.69) is 84.3 Å². The molecule has 350 valence electrons. The minimum absolute atomic E-state index is 0. The van der Waals surface area contributed by atoms with Crippen molar-refractivity contribution < 1.29 is 25.6 Å². The van der Waals surface area contributed by atoms with Crippen LogP contribution < -0.4 is 5.32 Å². The fourth-order valence-electron chi connectivity index (χ4n) is 16.4. The standard InChI is InChI=1S/C53H79FN2O2.CH4O2.CH4.H2/c1-10-40-32-37(4)33-56(40)31-30-55-53-27-20-41(36(2)3)46(53)43-16-17-45-49(7)23-21-42(48(5,6)44(49)22-24-51(45,9)50(43,8)28-29-53)39-18-25-52(35-54,26-19-39)47(57)58-34-38-14-12-11-13-15-38;2-1-3;;/h11-15,18,21,37,40-41,43-46,55H,2,10,16-17,19-20,22-35H2,1,3-9H3;2-3H,1H2;1H4;1H/t37-,40?,41-,43+,44-,45+,46+,49-,50+,51+,52-,53-;;;/m0.../s1. The molecule has 7 heteroatoms. The van der Waals surface area contributed by atoms with Crippen molar-refractivity contribution in [2.45, 2.75) is 171 Å². The maximum atomic E-state index is 14.8. The zero-order chi connectivity index (χ0) is 44.0. The molecule has 62 heavy (non-hydrogen) atoms. The number of nitrogens with one attached hydrogen (secondary N) is 1. The number of rotatable bonds is 11. The van der Waals surface area contributed by atoms with Gasteiger partial charge >= 0.3 is 5.97 Å². The molecule has 0 spiro atoms. The number of ether oxygens (including phenoxy) is 1. The lowest BCUT2D eigenvalue weighted by atomic mass is 9.33. The Morgan fingerprint density at radius 3 is 2.32 bits per heavy atom. The van der Waals surface area contributed by atoms with Crippen molar-refractivity contribution in [2.75, 3.05) is 33.1 Å². The molecule has 1 unspecified atom stereocenters. The number of fused-ring (bicyclic) bond motifs is 7. The molecule has 8 rings (SSSR count). The Bertz CT molecular complexity index is 1800. The van der Waals surface area contributed by atoms with Crippen LogP contribution in [0.4, 0.5) is 4.39 Å². The molecule has 5 fully saturated rings. The lowest BCUT2D eigenvalue weighted by Crippen LogP contribution is -2.68. The Kier molecular flexibility index (Phi) is 15.0. The van der Waals surface area contributed by atoms with E-state index in [0.29, 0.717) is 47.3 Å². The van der Waals surface area contributed by atoms with Crippen molar-refractivity contribution in [3.63, 3.8) is 0 Å². The second-order valence-corrected chi connectivity index (χ2v) is 22.8. The zero-order valence-electron chi connectivity index (χ0n) is 39.5. The van der Waals surface area contributed by atoms with Gasteiger partial charge in [0.15, 0.2) is 0 Å². The molecule has 12 atom stereocenters. The van der Waals surface area contributed by atoms with Crippen LogP contribution in [-0.4, -0.2) is 65.8 Å². The normalized spacial score (nSPS) is 40.8.